The molecule has 1 atom stereocenters. The zero-order valence-electron chi connectivity index (χ0n) is 14.6. The number of anilines is 1. The normalized spacial score (nSPS) is 17.4. The van der Waals surface area contributed by atoms with E-state index < -0.39 is 0 Å². The lowest BCUT2D eigenvalue weighted by Gasteiger charge is -2.32. The van der Waals surface area contributed by atoms with E-state index in [1.165, 1.54) is 18.0 Å². The number of pyridine rings is 1. The highest BCUT2D eigenvalue weighted by molar-refractivity contribution is 5.92. The monoisotopic (exact) mass is 341 g/mol. The van der Waals surface area contributed by atoms with Gasteiger partial charge in [0.1, 0.15) is 11.5 Å². The second-order valence-corrected chi connectivity index (χ2v) is 6.29. The second kappa shape index (κ2) is 8.02. The van der Waals surface area contributed by atoms with E-state index in [1.54, 1.807) is 11.1 Å². The molecule has 7 heteroatoms. The van der Waals surface area contributed by atoms with Gasteiger partial charge in [-0.2, -0.15) is 0 Å². The van der Waals surface area contributed by atoms with Gasteiger partial charge in [-0.05, 0) is 30.5 Å². The molecular weight excluding hydrogens is 318 g/mol. The third kappa shape index (κ3) is 4.51. The zero-order valence-corrected chi connectivity index (χ0v) is 14.6. The van der Waals surface area contributed by atoms with Gasteiger partial charge in [-0.1, -0.05) is 0 Å². The van der Waals surface area contributed by atoms with Crippen molar-refractivity contribution in [2.24, 2.45) is 0 Å². The molecule has 132 valence electrons. The molecule has 3 heterocycles. The number of aryl methyl sites for hydroxylation is 1. The van der Waals surface area contributed by atoms with E-state index >= 15 is 0 Å². The van der Waals surface area contributed by atoms with E-state index in [9.17, 15) is 4.79 Å². The maximum atomic E-state index is 12.5. The van der Waals surface area contributed by atoms with Crippen LogP contribution in [0.3, 0.4) is 0 Å². The molecule has 0 bridgehead atoms. The Kier molecular flexibility index (Phi) is 5.55. The van der Waals surface area contributed by atoms with Crippen molar-refractivity contribution in [3.8, 4) is 0 Å². The smallest absolute Gasteiger partial charge is 0.274 e. The van der Waals surface area contributed by atoms with Crippen molar-refractivity contribution in [2.75, 3.05) is 38.7 Å². The second-order valence-electron chi connectivity index (χ2n) is 6.29. The van der Waals surface area contributed by atoms with Crippen molar-refractivity contribution in [3.05, 3.63) is 48.2 Å². The molecule has 1 aliphatic heterocycles. The standard InChI is InChI=1S/C18H23N5O2/c1-22(2)17-11-14(5-6-21-17)3-4-15-13-23(9-10-25-15)18(24)16-12-19-7-8-20-16/h5-8,11-12,15H,3-4,9-10,13H2,1-2H3/t15-/m0/s1. The largest absolute Gasteiger partial charge is 0.375 e. The summed E-state index contributed by atoms with van der Waals surface area (Å²) in [6, 6.07) is 4.11. The molecule has 0 unspecified atom stereocenters. The van der Waals surface area contributed by atoms with Crippen molar-refractivity contribution >= 4 is 11.7 Å². The summed E-state index contributed by atoms with van der Waals surface area (Å²) in [5, 5.41) is 0. The first-order chi connectivity index (χ1) is 12.1. The molecule has 0 saturated carbocycles. The molecule has 0 aromatic carbocycles. The van der Waals surface area contributed by atoms with E-state index in [4.69, 9.17) is 4.74 Å². The molecular formula is C18H23N5O2. The van der Waals surface area contributed by atoms with Crippen LogP contribution in [0.1, 0.15) is 22.5 Å². The minimum absolute atomic E-state index is 0.0327. The summed E-state index contributed by atoms with van der Waals surface area (Å²) < 4.78 is 5.84. The van der Waals surface area contributed by atoms with Crippen LogP contribution in [0, 0.1) is 0 Å². The highest BCUT2D eigenvalue weighted by atomic mass is 16.5. The van der Waals surface area contributed by atoms with Gasteiger partial charge in [-0.3, -0.25) is 9.78 Å². The number of hydrogen-bond acceptors (Lipinski definition) is 6. The van der Waals surface area contributed by atoms with E-state index in [2.05, 4.69) is 21.0 Å². The zero-order chi connectivity index (χ0) is 17.6. The van der Waals surface area contributed by atoms with Gasteiger partial charge in [-0.25, -0.2) is 9.97 Å². The number of nitrogens with zero attached hydrogens (tertiary/aromatic N) is 5. The van der Waals surface area contributed by atoms with Crippen molar-refractivity contribution in [2.45, 2.75) is 18.9 Å². The van der Waals surface area contributed by atoms with E-state index in [0.29, 0.717) is 25.4 Å². The van der Waals surface area contributed by atoms with Crippen LogP contribution in [0.2, 0.25) is 0 Å². The van der Waals surface area contributed by atoms with Gasteiger partial charge < -0.3 is 14.5 Å². The highest BCUT2D eigenvalue weighted by Gasteiger charge is 2.25. The number of hydrogen-bond donors (Lipinski definition) is 0. The van der Waals surface area contributed by atoms with Gasteiger partial charge in [0.25, 0.3) is 5.91 Å². The van der Waals surface area contributed by atoms with Crippen LogP contribution in [-0.2, 0) is 11.2 Å². The Morgan fingerprint density at radius 2 is 2.20 bits per heavy atom. The lowest BCUT2D eigenvalue weighted by Crippen LogP contribution is -2.46. The number of carbonyl (C=O) groups excluding carboxylic acids is 1. The molecule has 1 fully saturated rings. The Labute approximate surface area is 147 Å². The molecule has 7 nitrogen and oxygen atoms in total. The minimum atomic E-state index is -0.0831. The summed E-state index contributed by atoms with van der Waals surface area (Å²) in [6.45, 7) is 1.73. The van der Waals surface area contributed by atoms with Crippen LogP contribution in [0.15, 0.2) is 36.9 Å². The van der Waals surface area contributed by atoms with Gasteiger partial charge in [0, 0.05) is 45.8 Å². The Hall–Kier alpha value is -2.54. The maximum Gasteiger partial charge on any atom is 0.274 e. The van der Waals surface area contributed by atoms with Crippen molar-refractivity contribution < 1.29 is 9.53 Å². The number of amides is 1. The first-order valence-corrected chi connectivity index (χ1v) is 8.42. The van der Waals surface area contributed by atoms with Gasteiger partial charge >= 0.3 is 0 Å². The first-order valence-electron chi connectivity index (χ1n) is 8.42. The average Bonchev–Trinajstić information content (AvgIpc) is 2.67. The van der Waals surface area contributed by atoms with Gasteiger partial charge in [0.2, 0.25) is 0 Å². The molecule has 2 aromatic rings. The minimum Gasteiger partial charge on any atom is -0.375 e. The fraction of sp³-hybridized carbons (Fsp3) is 0.444. The molecule has 1 amide bonds. The molecule has 25 heavy (non-hydrogen) atoms. The molecule has 1 saturated heterocycles. The van der Waals surface area contributed by atoms with Crippen LogP contribution in [-0.4, -0.2) is 65.7 Å². The van der Waals surface area contributed by atoms with Crippen molar-refractivity contribution in [3.63, 3.8) is 0 Å². The summed E-state index contributed by atoms with van der Waals surface area (Å²) in [5.41, 5.74) is 1.60. The molecule has 1 aliphatic rings. The first kappa shape index (κ1) is 17.3. The Bertz CT molecular complexity index is 708. The molecule has 0 N–H and O–H groups in total. The predicted molar refractivity (Wildman–Crippen MR) is 94.6 cm³/mol. The highest BCUT2D eigenvalue weighted by Crippen LogP contribution is 2.16. The van der Waals surface area contributed by atoms with E-state index in [1.807, 2.05) is 31.3 Å². The molecule has 0 radical (unpaired) electrons. The lowest BCUT2D eigenvalue weighted by atomic mass is 10.1. The molecule has 3 rings (SSSR count). The number of aromatic nitrogens is 3. The summed E-state index contributed by atoms with van der Waals surface area (Å²) in [5.74, 6) is 0.863. The quantitative estimate of drug-likeness (QED) is 0.819. The topological polar surface area (TPSA) is 71.5 Å². The molecule has 2 aromatic heterocycles. The van der Waals surface area contributed by atoms with Crippen molar-refractivity contribution in [1.82, 2.24) is 19.9 Å². The average molecular weight is 341 g/mol. The third-order valence-electron chi connectivity index (χ3n) is 4.23. The number of rotatable bonds is 5. The fourth-order valence-corrected chi connectivity index (χ4v) is 2.84. The van der Waals surface area contributed by atoms with E-state index in [0.717, 1.165) is 18.7 Å². The Morgan fingerprint density at radius 1 is 1.32 bits per heavy atom. The van der Waals surface area contributed by atoms with Crippen LogP contribution in [0.4, 0.5) is 5.82 Å². The summed E-state index contributed by atoms with van der Waals surface area (Å²) in [6.07, 6.45) is 8.22. The maximum absolute atomic E-state index is 12.5. The Morgan fingerprint density at radius 3 is 2.96 bits per heavy atom. The fourth-order valence-electron chi connectivity index (χ4n) is 2.84. The number of morpholine rings is 1. The van der Waals surface area contributed by atoms with Gasteiger partial charge in [0.05, 0.1) is 18.9 Å². The van der Waals surface area contributed by atoms with Crippen LogP contribution < -0.4 is 4.90 Å². The molecule has 0 spiro atoms. The Balaban J connectivity index is 1.57. The number of ether oxygens (including phenoxy) is 1. The van der Waals surface area contributed by atoms with Gasteiger partial charge in [-0.15, -0.1) is 0 Å². The van der Waals surface area contributed by atoms with E-state index in [-0.39, 0.29) is 12.0 Å². The van der Waals surface area contributed by atoms with Gasteiger partial charge in [0.15, 0.2) is 0 Å². The summed E-state index contributed by atoms with van der Waals surface area (Å²) in [7, 11) is 3.96. The lowest BCUT2D eigenvalue weighted by molar-refractivity contribution is -0.0248. The van der Waals surface area contributed by atoms with Crippen LogP contribution >= 0.6 is 0 Å². The number of carbonyl (C=O) groups is 1. The van der Waals surface area contributed by atoms with Crippen molar-refractivity contribution in [1.29, 1.82) is 0 Å². The molecule has 0 aliphatic carbocycles. The summed E-state index contributed by atoms with van der Waals surface area (Å²) >= 11 is 0. The summed E-state index contributed by atoms with van der Waals surface area (Å²) in [4.78, 5) is 28.7. The predicted octanol–water partition coefficient (Wildman–Crippen LogP) is 1.41. The van der Waals surface area contributed by atoms with Crippen LogP contribution in [0.5, 0.6) is 0 Å². The van der Waals surface area contributed by atoms with Crippen LogP contribution in [0.25, 0.3) is 0 Å². The SMILES string of the molecule is CN(C)c1cc(CC[C@H]2CN(C(=O)c3cnccn3)CCO2)ccn1. The third-order valence-corrected chi connectivity index (χ3v) is 4.23.